The van der Waals surface area contributed by atoms with Crippen LogP contribution in [0.2, 0.25) is 0 Å². The Morgan fingerprint density at radius 3 is 2.82 bits per heavy atom. The summed E-state index contributed by atoms with van der Waals surface area (Å²) in [4.78, 5) is 16.5. The molecular weight excluding hydrogens is 288 g/mol. The Labute approximate surface area is 108 Å². The Morgan fingerprint density at radius 1 is 1.65 bits per heavy atom. The van der Waals surface area contributed by atoms with Crippen LogP contribution >= 0.6 is 15.9 Å². The van der Waals surface area contributed by atoms with Crippen molar-refractivity contribution in [2.45, 2.75) is 13.0 Å². The molecule has 0 bridgehead atoms. The van der Waals surface area contributed by atoms with Gasteiger partial charge in [-0.1, -0.05) is 0 Å². The molecule has 0 amide bonds. The first-order valence-corrected chi connectivity index (χ1v) is 5.90. The molecule has 0 aliphatic rings. The van der Waals surface area contributed by atoms with E-state index in [1.54, 1.807) is 0 Å². The van der Waals surface area contributed by atoms with Gasteiger partial charge in [-0.25, -0.2) is 4.98 Å². The van der Waals surface area contributed by atoms with Crippen LogP contribution < -0.4 is 5.32 Å². The van der Waals surface area contributed by atoms with Gasteiger partial charge in [-0.2, -0.15) is 0 Å². The molecule has 1 heterocycles. The number of nitrogens with zero attached hydrogens (tertiary/aromatic N) is 3. The van der Waals surface area contributed by atoms with Crippen molar-refractivity contribution in [3.63, 3.8) is 0 Å². The summed E-state index contributed by atoms with van der Waals surface area (Å²) in [5.74, 6) is 0.299. The van der Waals surface area contributed by atoms with Crippen molar-refractivity contribution in [1.82, 2.24) is 9.88 Å². The van der Waals surface area contributed by atoms with Gasteiger partial charge in [0.1, 0.15) is 0 Å². The van der Waals surface area contributed by atoms with Crippen LogP contribution in [0.1, 0.15) is 6.92 Å². The normalized spacial score (nSPS) is 12.5. The third-order valence-electron chi connectivity index (χ3n) is 2.05. The SMILES string of the molecule is CC(CN(C)C)Nc1ncc(Br)cc1[N+](=O)[O-]. The van der Waals surface area contributed by atoms with Crippen LogP contribution in [0.25, 0.3) is 0 Å². The van der Waals surface area contributed by atoms with E-state index in [2.05, 4.69) is 26.2 Å². The predicted molar refractivity (Wildman–Crippen MR) is 70.2 cm³/mol. The highest BCUT2D eigenvalue weighted by Gasteiger charge is 2.17. The van der Waals surface area contributed by atoms with Crippen molar-refractivity contribution in [3.8, 4) is 0 Å². The zero-order valence-electron chi connectivity index (χ0n) is 9.98. The van der Waals surface area contributed by atoms with Gasteiger partial charge in [-0.05, 0) is 36.9 Å². The highest BCUT2D eigenvalue weighted by Crippen LogP contribution is 2.25. The van der Waals surface area contributed by atoms with Crippen molar-refractivity contribution < 1.29 is 4.92 Å². The lowest BCUT2D eigenvalue weighted by Crippen LogP contribution is -2.30. The molecule has 1 unspecified atom stereocenters. The summed E-state index contributed by atoms with van der Waals surface area (Å²) in [6.45, 7) is 2.72. The number of anilines is 1. The Hall–Kier alpha value is -1.21. The maximum atomic E-state index is 10.9. The number of hydrogen-bond donors (Lipinski definition) is 1. The van der Waals surface area contributed by atoms with E-state index >= 15 is 0 Å². The summed E-state index contributed by atoms with van der Waals surface area (Å²) in [5, 5.41) is 13.9. The highest BCUT2D eigenvalue weighted by molar-refractivity contribution is 9.10. The second-order valence-electron chi connectivity index (χ2n) is 4.09. The van der Waals surface area contributed by atoms with Gasteiger partial charge in [0, 0.05) is 29.3 Å². The van der Waals surface area contributed by atoms with Crippen molar-refractivity contribution in [2.24, 2.45) is 0 Å². The van der Waals surface area contributed by atoms with E-state index in [0.29, 0.717) is 10.3 Å². The highest BCUT2D eigenvalue weighted by atomic mass is 79.9. The lowest BCUT2D eigenvalue weighted by Gasteiger charge is -2.18. The Balaban J connectivity index is 2.86. The minimum atomic E-state index is -0.442. The zero-order valence-corrected chi connectivity index (χ0v) is 11.6. The average molecular weight is 303 g/mol. The molecular formula is C10H15BrN4O2. The molecule has 1 atom stereocenters. The summed E-state index contributed by atoms with van der Waals surface area (Å²) in [5.41, 5.74) is -0.0232. The van der Waals surface area contributed by atoms with Crippen LogP contribution in [-0.4, -0.2) is 41.5 Å². The van der Waals surface area contributed by atoms with E-state index in [4.69, 9.17) is 0 Å². The van der Waals surface area contributed by atoms with Gasteiger partial charge in [0.2, 0.25) is 5.82 Å². The minimum Gasteiger partial charge on any atom is -0.361 e. The third kappa shape index (κ3) is 4.27. The van der Waals surface area contributed by atoms with Crippen LogP contribution in [0.15, 0.2) is 16.7 Å². The number of rotatable bonds is 5. The fourth-order valence-corrected chi connectivity index (χ4v) is 1.82. The third-order valence-corrected chi connectivity index (χ3v) is 2.49. The lowest BCUT2D eigenvalue weighted by molar-refractivity contribution is -0.384. The molecule has 7 heteroatoms. The number of halogens is 1. The quantitative estimate of drug-likeness (QED) is 0.666. The fraction of sp³-hybridized carbons (Fsp3) is 0.500. The largest absolute Gasteiger partial charge is 0.361 e. The molecule has 1 aromatic heterocycles. The van der Waals surface area contributed by atoms with Gasteiger partial charge in [0.15, 0.2) is 0 Å². The van der Waals surface area contributed by atoms with Crippen LogP contribution in [0.3, 0.4) is 0 Å². The lowest BCUT2D eigenvalue weighted by atomic mass is 10.3. The number of nitro groups is 1. The van der Waals surface area contributed by atoms with Crippen molar-refractivity contribution in [2.75, 3.05) is 26.0 Å². The molecule has 0 spiro atoms. The number of nitrogens with one attached hydrogen (secondary N) is 1. The first-order valence-electron chi connectivity index (χ1n) is 5.11. The van der Waals surface area contributed by atoms with E-state index in [-0.39, 0.29) is 11.7 Å². The van der Waals surface area contributed by atoms with Crippen molar-refractivity contribution in [3.05, 3.63) is 26.9 Å². The number of pyridine rings is 1. The Bertz CT molecular complexity index is 411. The topological polar surface area (TPSA) is 71.3 Å². The summed E-state index contributed by atoms with van der Waals surface area (Å²) in [6.07, 6.45) is 1.54. The molecule has 1 aromatic rings. The minimum absolute atomic E-state index is 0.0232. The second kappa shape index (κ2) is 5.92. The molecule has 0 aromatic carbocycles. The molecule has 94 valence electrons. The van der Waals surface area contributed by atoms with Gasteiger partial charge < -0.3 is 10.2 Å². The average Bonchev–Trinajstić information content (AvgIpc) is 2.19. The van der Waals surface area contributed by atoms with Crippen LogP contribution in [-0.2, 0) is 0 Å². The molecule has 0 radical (unpaired) electrons. The number of hydrogen-bond acceptors (Lipinski definition) is 5. The number of likely N-dealkylation sites (N-methyl/N-ethyl adjacent to an activating group) is 1. The molecule has 0 saturated carbocycles. The smallest absolute Gasteiger partial charge is 0.312 e. The molecule has 0 saturated heterocycles. The van der Waals surface area contributed by atoms with Gasteiger partial charge in [0.05, 0.1) is 4.92 Å². The maximum absolute atomic E-state index is 10.9. The van der Waals surface area contributed by atoms with Crippen LogP contribution in [0, 0.1) is 10.1 Å². The van der Waals surface area contributed by atoms with E-state index in [0.717, 1.165) is 6.54 Å². The Kier molecular flexibility index (Phi) is 4.83. The van der Waals surface area contributed by atoms with Gasteiger partial charge in [-0.3, -0.25) is 10.1 Å². The molecule has 0 fully saturated rings. The summed E-state index contributed by atoms with van der Waals surface area (Å²) in [6, 6.07) is 1.52. The first-order chi connectivity index (χ1) is 7.90. The summed E-state index contributed by atoms with van der Waals surface area (Å²) in [7, 11) is 3.89. The van der Waals surface area contributed by atoms with E-state index < -0.39 is 4.92 Å². The van der Waals surface area contributed by atoms with Gasteiger partial charge in [0.25, 0.3) is 0 Å². The van der Waals surface area contributed by atoms with Crippen molar-refractivity contribution in [1.29, 1.82) is 0 Å². The van der Waals surface area contributed by atoms with Gasteiger partial charge in [-0.15, -0.1) is 0 Å². The molecule has 0 aliphatic heterocycles. The van der Waals surface area contributed by atoms with Gasteiger partial charge >= 0.3 is 5.69 Å². The Morgan fingerprint density at radius 2 is 2.29 bits per heavy atom. The first kappa shape index (κ1) is 13.9. The summed E-state index contributed by atoms with van der Waals surface area (Å²) >= 11 is 3.17. The van der Waals surface area contributed by atoms with E-state index in [1.165, 1.54) is 12.3 Å². The standard InChI is InChI=1S/C10H15BrN4O2/c1-7(6-14(2)3)13-10-9(15(16)17)4-8(11)5-12-10/h4-5,7H,6H2,1-3H3,(H,12,13). The second-order valence-corrected chi connectivity index (χ2v) is 5.00. The molecule has 0 aliphatic carbocycles. The summed E-state index contributed by atoms with van der Waals surface area (Å²) < 4.78 is 0.593. The fourth-order valence-electron chi connectivity index (χ4n) is 1.51. The molecule has 1 rings (SSSR count). The number of aromatic nitrogens is 1. The van der Waals surface area contributed by atoms with E-state index in [1.807, 2.05) is 25.9 Å². The molecule has 17 heavy (non-hydrogen) atoms. The molecule has 6 nitrogen and oxygen atoms in total. The van der Waals surface area contributed by atoms with E-state index in [9.17, 15) is 10.1 Å². The maximum Gasteiger partial charge on any atom is 0.312 e. The monoisotopic (exact) mass is 302 g/mol. The van der Waals surface area contributed by atoms with Crippen LogP contribution in [0.4, 0.5) is 11.5 Å². The molecule has 1 N–H and O–H groups in total. The van der Waals surface area contributed by atoms with Crippen molar-refractivity contribution >= 4 is 27.4 Å². The van der Waals surface area contributed by atoms with Crippen LogP contribution in [0.5, 0.6) is 0 Å². The predicted octanol–water partition coefficient (Wildman–Crippen LogP) is 2.11. The zero-order chi connectivity index (χ0) is 13.0.